The first-order chi connectivity index (χ1) is 21.8. The third kappa shape index (κ3) is 9.87. The lowest BCUT2D eigenvalue weighted by atomic mass is 9.76. The molecule has 3 N–H and O–H groups in total. The van der Waals surface area contributed by atoms with Crippen LogP contribution in [0.1, 0.15) is 81.1 Å². The summed E-state index contributed by atoms with van der Waals surface area (Å²) in [4.78, 5) is 41.6. The number of rotatable bonds is 8. The quantitative estimate of drug-likeness (QED) is 0.143. The second-order valence-electron chi connectivity index (χ2n) is 13.7. The Balaban J connectivity index is 2.67. The average Bonchev–Trinajstić information content (AvgIpc) is 3.02. The van der Waals surface area contributed by atoms with Crippen molar-refractivity contribution in [2.24, 2.45) is 17.8 Å². The number of hydrogen-bond acceptors (Lipinski definition) is 12. The predicted molar refractivity (Wildman–Crippen MR) is 182 cm³/mol. The van der Waals surface area contributed by atoms with Crippen molar-refractivity contribution in [3.63, 3.8) is 0 Å². The highest BCUT2D eigenvalue weighted by Gasteiger charge is 2.53. The zero-order valence-electron chi connectivity index (χ0n) is 29.5. The van der Waals surface area contributed by atoms with Gasteiger partial charge in [0.25, 0.3) is 0 Å². The zero-order chi connectivity index (χ0) is 36.0. The molecule has 47 heavy (non-hydrogen) atoms. The van der Waals surface area contributed by atoms with Crippen LogP contribution in [-0.2, 0) is 38.1 Å². The number of methoxy groups -OCH3 is 1. The van der Waals surface area contributed by atoms with Gasteiger partial charge >= 0.3 is 11.9 Å². The van der Waals surface area contributed by atoms with E-state index in [1.54, 1.807) is 20.8 Å². The Morgan fingerprint density at radius 2 is 1.79 bits per heavy atom. The van der Waals surface area contributed by atoms with Gasteiger partial charge in [-0.25, -0.2) is 0 Å². The maximum Gasteiger partial charge on any atom is 0.311 e. The van der Waals surface area contributed by atoms with Crippen molar-refractivity contribution < 1.29 is 53.4 Å². The highest BCUT2D eigenvalue weighted by atomic mass is 127. The van der Waals surface area contributed by atoms with E-state index in [1.165, 1.54) is 34.8 Å². The number of aliphatic hydroxyl groups excluding tert-OH is 2. The molecule has 0 saturated carbocycles. The number of likely N-dealkylation sites (N-methyl/N-ethyl adjacent to an activating group) is 1. The van der Waals surface area contributed by atoms with Gasteiger partial charge in [-0.05, 0) is 54.0 Å². The summed E-state index contributed by atoms with van der Waals surface area (Å²) in [5.41, 5.74) is -3.22. The number of cyclic esters (lactones) is 1. The number of Topliss-reactive ketones (excluding diaryl/α,β-unsaturated/α-hetero) is 1. The lowest BCUT2D eigenvalue weighted by molar-refractivity contribution is -0.294. The molecule has 270 valence electrons. The molecular formula is C34H56INO11. The van der Waals surface area contributed by atoms with Gasteiger partial charge in [-0.15, -0.1) is 12.3 Å². The SMILES string of the molecule is C#CCCN(C)C1CC(C)O[C@@H](O[C@@H]2[C@@H](I)[C@H](O)[C@@H](C)C(=O)O[C@H](CC)[C@@](C)(O)[C@H](O)[C@@H](C)C(=O)[C@H](C)C[C@@]2(C)OC)[C@@H]1OC(C)=O. The largest absolute Gasteiger partial charge is 0.459 e. The molecule has 0 bridgehead atoms. The molecule has 2 rings (SSSR count). The third-order valence-corrected chi connectivity index (χ3v) is 11.3. The zero-order valence-corrected chi connectivity index (χ0v) is 31.6. The van der Waals surface area contributed by atoms with E-state index in [0.29, 0.717) is 19.4 Å². The van der Waals surface area contributed by atoms with Crippen LogP contribution in [0.25, 0.3) is 0 Å². The summed E-state index contributed by atoms with van der Waals surface area (Å²) in [5.74, 6) is -1.86. The van der Waals surface area contributed by atoms with Crippen molar-refractivity contribution in [3.05, 3.63) is 0 Å². The van der Waals surface area contributed by atoms with E-state index >= 15 is 0 Å². The molecule has 2 unspecified atom stereocenters. The number of nitrogens with zero attached hydrogens (tertiary/aromatic N) is 1. The maximum atomic E-state index is 13.8. The summed E-state index contributed by atoms with van der Waals surface area (Å²) in [6.07, 6.45) is -0.631. The molecule has 2 fully saturated rings. The fourth-order valence-electron chi connectivity index (χ4n) is 6.77. The van der Waals surface area contributed by atoms with Gasteiger partial charge in [0.2, 0.25) is 0 Å². The Bertz CT molecular complexity index is 1110. The van der Waals surface area contributed by atoms with E-state index in [-0.39, 0.29) is 30.8 Å². The number of ether oxygens (including phenoxy) is 5. The molecule has 0 aromatic rings. The van der Waals surface area contributed by atoms with Crippen molar-refractivity contribution in [3.8, 4) is 12.3 Å². The van der Waals surface area contributed by atoms with Gasteiger partial charge in [0.05, 0.1) is 39.8 Å². The minimum absolute atomic E-state index is 0.0838. The second kappa shape index (κ2) is 17.5. The predicted octanol–water partition coefficient (Wildman–Crippen LogP) is 2.65. The van der Waals surface area contributed by atoms with Crippen molar-refractivity contribution in [2.45, 2.75) is 145 Å². The topological polar surface area (TPSA) is 161 Å². The number of halogens is 1. The van der Waals surface area contributed by atoms with Crippen molar-refractivity contribution >= 4 is 40.3 Å². The van der Waals surface area contributed by atoms with Crippen LogP contribution in [0.5, 0.6) is 0 Å². The molecule has 0 aromatic carbocycles. The van der Waals surface area contributed by atoms with Crippen LogP contribution in [0.4, 0.5) is 0 Å². The molecule has 2 aliphatic heterocycles. The lowest BCUT2D eigenvalue weighted by Crippen LogP contribution is -2.62. The monoisotopic (exact) mass is 781 g/mol. The van der Waals surface area contributed by atoms with Gasteiger partial charge in [0.15, 0.2) is 12.4 Å². The van der Waals surface area contributed by atoms with Gasteiger partial charge in [-0.1, -0.05) is 43.4 Å². The molecule has 0 amide bonds. The average molecular weight is 782 g/mol. The minimum atomic E-state index is -1.95. The van der Waals surface area contributed by atoms with Gasteiger partial charge in [0.1, 0.15) is 23.6 Å². The van der Waals surface area contributed by atoms with Crippen LogP contribution < -0.4 is 0 Å². The first kappa shape index (κ1) is 41.8. The summed E-state index contributed by atoms with van der Waals surface area (Å²) in [6, 6.07) is -0.318. The fourth-order valence-corrected chi connectivity index (χ4v) is 8.33. The van der Waals surface area contributed by atoms with Gasteiger partial charge in [0, 0.05) is 38.8 Å². The molecule has 2 aliphatic rings. The molecular weight excluding hydrogens is 725 g/mol. The van der Waals surface area contributed by atoms with Crippen LogP contribution in [0, 0.1) is 30.1 Å². The number of terminal acetylenes is 1. The Hall–Kier alpha value is -1.38. The summed E-state index contributed by atoms with van der Waals surface area (Å²) < 4.78 is 29.7. The molecule has 0 spiro atoms. The highest BCUT2D eigenvalue weighted by Crippen LogP contribution is 2.39. The van der Waals surface area contributed by atoms with E-state index in [1.807, 2.05) is 41.5 Å². The highest BCUT2D eigenvalue weighted by molar-refractivity contribution is 14.1. The first-order valence-electron chi connectivity index (χ1n) is 16.4. The van der Waals surface area contributed by atoms with Crippen molar-refractivity contribution in [1.29, 1.82) is 0 Å². The molecule has 0 aliphatic carbocycles. The van der Waals surface area contributed by atoms with E-state index in [4.69, 9.17) is 30.1 Å². The standard InChI is InChI=1S/C34H56INO11/c1-12-14-15-36(10)23-16-19(4)44-32(28(23)45-22(7)37)47-30-25(35)27(39)21(6)31(41)46-24(13-2)34(9,42)29(40)20(5)26(38)18(3)17-33(30,8)43-11/h1,18-21,23-25,27-30,32,39-40,42H,13-17H2,2-11H3/t18-,19?,20+,21-,23?,24-,25+,27-,28-,29-,30-,32+,33-,34-/m1/s1. The molecule has 12 nitrogen and oxygen atoms in total. The summed E-state index contributed by atoms with van der Waals surface area (Å²) in [6.45, 7) is 13.2. The van der Waals surface area contributed by atoms with E-state index < -0.39 is 81.6 Å². The van der Waals surface area contributed by atoms with Crippen molar-refractivity contribution in [1.82, 2.24) is 4.90 Å². The first-order valence-corrected chi connectivity index (χ1v) is 17.7. The summed E-state index contributed by atoms with van der Waals surface area (Å²) in [7, 11) is 3.35. The number of alkyl halides is 1. The molecule has 0 aromatic heterocycles. The van der Waals surface area contributed by atoms with Crippen LogP contribution in [0.3, 0.4) is 0 Å². The van der Waals surface area contributed by atoms with Gasteiger partial charge < -0.3 is 39.0 Å². The number of carbonyl (C=O) groups is 3. The summed E-state index contributed by atoms with van der Waals surface area (Å²) >= 11 is 2.01. The molecule has 14 atom stereocenters. The van der Waals surface area contributed by atoms with Gasteiger partial charge in [-0.2, -0.15) is 0 Å². The van der Waals surface area contributed by atoms with Gasteiger partial charge in [-0.3, -0.25) is 19.3 Å². The van der Waals surface area contributed by atoms with E-state index in [2.05, 4.69) is 5.92 Å². The van der Waals surface area contributed by atoms with Crippen LogP contribution in [0.2, 0.25) is 0 Å². The molecule has 13 heteroatoms. The Morgan fingerprint density at radius 1 is 1.17 bits per heavy atom. The number of carbonyl (C=O) groups excluding carboxylic acids is 3. The van der Waals surface area contributed by atoms with Crippen LogP contribution in [0.15, 0.2) is 0 Å². The van der Waals surface area contributed by atoms with Crippen LogP contribution in [-0.4, -0.2) is 123 Å². The fraction of sp³-hybridized carbons (Fsp3) is 0.853. The smallest absolute Gasteiger partial charge is 0.311 e. The number of aliphatic hydroxyl groups is 3. The van der Waals surface area contributed by atoms with E-state index in [0.717, 1.165) is 0 Å². The Morgan fingerprint density at radius 3 is 2.32 bits per heavy atom. The number of ketones is 1. The summed E-state index contributed by atoms with van der Waals surface area (Å²) in [5, 5.41) is 34.2. The number of esters is 2. The molecule has 2 heterocycles. The van der Waals surface area contributed by atoms with Crippen molar-refractivity contribution in [2.75, 3.05) is 20.7 Å². The lowest BCUT2D eigenvalue weighted by Gasteiger charge is -2.48. The molecule has 2 saturated heterocycles. The Kier molecular flexibility index (Phi) is 15.6. The maximum absolute atomic E-state index is 13.8. The second-order valence-corrected chi connectivity index (χ2v) is 15.2. The van der Waals surface area contributed by atoms with E-state index in [9.17, 15) is 29.7 Å². The minimum Gasteiger partial charge on any atom is -0.459 e. The third-order valence-electron chi connectivity index (χ3n) is 9.91. The normalized spacial score (nSPS) is 42.7. The van der Waals surface area contributed by atoms with Crippen LogP contribution >= 0.6 is 22.6 Å². The Labute approximate surface area is 293 Å². The number of hydrogen-bond donors (Lipinski definition) is 3. The molecule has 0 radical (unpaired) electrons.